The Bertz CT molecular complexity index is 991. The lowest BCUT2D eigenvalue weighted by Gasteiger charge is -2.07. The topological polar surface area (TPSA) is 75.5 Å². The van der Waals surface area contributed by atoms with Gasteiger partial charge in [0.2, 0.25) is 5.82 Å². The van der Waals surface area contributed by atoms with Crippen LogP contribution in [0.3, 0.4) is 0 Å². The van der Waals surface area contributed by atoms with Crippen molar-refractivity contribution in [3.8, 4) is 0 Å². The highest BCUT2D eigenvalue weighted by Gasteiger charge is 2.21. The first-order valence-corrected chi connectivity index (χ1v) is 9.55. The first-order chi connectivity index (χ1) is 13.5. The van der Waals surface area contributed by atoms with E-state index in [9.17, 15) is 9.59 Å². The van der Waals surface area contributed by atoms with Crippen LogP contribution >= 0.6 is 0 Å². The van der Waals surface area contributed by atoms with Gasteiger partial charge >= 0.3 is 0 Å². The molecule has 6 nitrogen and oxygen atoms in total. The minimum atomic E-state index is -0.314. The van der Waals surface area contributed by atoms with Crippen LogP contribution in [0.5, 0.6) is 0 Å². The van der Waals surface area contributed by atoms with Crippen molar-refractivity contribution >= 4 is 17.3 Å². The predicted molar refractivity (Wildman–Crippen MR) is 109 cm³/mol. The molecule has 0 spiro atoms. The summed E-state index contributed by atoms with van der Waals surface area (Å²) in [5.74, 6) is 0.132. The van der Waals surface area contributed by atoms with Crippen molar-refractivity contribution in [1.29, 1.82) is 0 Å². The smallest absolute Gasteiger partial charge is 0.287 e. The maximum Gasteiger partial charge on any atom is 0.287 e. The van der Waals surface area contributed by atoms with Crippen molar-refractivity contribution < 1.29 is 9.59 Å². The highest BCUT2D eigenvalue weighted by molar-refractivity contribution is 6.02. The Labute approximate surface area is 165 Å². The Balaban J connectivity index is 1.80. The predicted octanol–water partition coefficient (Wildman–Crippen LogP) is 3.35. The number of rotatable bonds is 7. The molecule has 6 heteroatoms. The number of benzene rings is 1. The molecule has 0 unspecified atom stereocenters. The van der Waals surface area contributed by atoms with E-state index in [0.29, 0.717) is 24.5 Å². The Morgan fingerprint density at radius 3 is 2.54 bits per heavy atom. The zero-order chi connectivity index (χ0) is 20.1. The van der Waals surface area contributed by atoms with Gasteiger partial charge in [0, 0.05) is 19.3 Å². The number of aryl methyl sites for hydroxylation is 1. The quantitative estimate of drug-likeness (QED) is 0.662. The summed E-state index contributed by atoms with van der Waals surface area (Å²) in [5.41, 5.74) is 3.04. The SMILES string of the molecule is Cc1ccccc1CNC(=O)c1nc(C(=O)NCCC(C)C)c2ccccn12. The molecule has 0 aliphatic carbocycles. The number of carbonyl (C=O) groups excluding carboxylic acids is 2. The number of imidazole rings is 1. The van der Waals surface area contributed by atoms with Gasteiger partial charge in [0.05, 0.1) is 5.52 Å². The third-order valence-electron chi connectivity index (χ3n) is 4.67. The van der Waals surface area contributed by atoms with E-state index in [0.717, 1.165) is 17.5 Å². The number of hydrogen-bond donors (Lipinski definition) is 2. The maximum atomic E-state index is 12.8. The second-order valence-electron chi connectivity index (χ2n) is 7.29. The van der Waals surface area contributed by atoms with Gasteiger partial charge in [-0.05, 0) is 42.5 Å². The molecule has 0 radical (unpaired) electrons. The molecule has 1 aromatic carbocycles. The number of amides is 2. The van der Waals surface area contributed by atoms with Gasteiger partial charge in [-0.2, -0.15) is 0 Å². The minimum Gasteiger partial charge on any atom is -0.351 e. The van der Waals surface area contributed by atoms with Crippen LogP contribution in [0.15, 0.2) is 48.7 Å². The average molecular weight is 378 g/mol. The van der Waals surface area contributed by atoms with E-state index in [1.807, 2.05) is 43.3 Å². The summed E-state index contributed by atoms with van der Waals surface area (Å²) in [4.78, 5) is 29.7. The fraction of sp³-hybridized carbons (Fsp3) is 0.318. The van der Waals surface area contributed by atoms with Crippen LogP contribution in [-0.4, -0.2) is 27.7 Å². The molecule has 0 aliphatic heterocycles. The molecule has 3 rings (SSSR count). The summed E-state index contributed by atoms with van der Waals surface area (Å²) in [6.45, 7) is 7.20. The molecule has 146 valence electrons. The lowest BCUT2D eigenvalue weighted by atomic mass is 10.1. The summed E-state index contributed by atoms with van der Waals surface area (Å²) < 4.78 is 1.66. The summed E-state index contributed by atoms with van der Waals surface area (Å²) in [6.07, 6.45) is 2.64. The van der Waals surface area contributed by atoms with Crippen molar-refractivity contribution in [1.82, 2.24) is 20.0 Å². The van der Waals surface area contributed by atoms with Gasteiger partial charge in [-0.25, -0.2) is 4.98 Å². The first-order valence-electron chi connectivity index (χ1n) is 9.55. The summed E-state index contributed by atoms with van der Waals surface area (Å²) in [6, 6.07) is 13.3. The zero-order valence-corrected chi connectivity index (χ0v) is 16.5. The highest BCUT2D eigenvalue weighted by atomic mass is 16.2. The van der Waals surface area contributed by atoms with Crippen molar-refractivity contribution in [3.63, 3.8) is 0 Å². The Hall–Kier alpha value is -3.15. The highest BCUT2D eigenvalue weighted by Crippen LogP contribution is 2.14. The molecular formula is C22H26N4O2. The minimum absolute atomic E-state index is 0.207. The third kappa shape index (κ3) is 4.39. The standard InChI is InChI=1S/C22H26N4O2/c1-15(2)11-12-23-21(27)19-18-10-6-7-13-26(18)20(25-19)22(28)24-14-17-9-5-4-8-16(17)3/h4-10,13,15H,11-12,14H2,1-3H3,(H,23,27)(H,24,28). The van der Waals surface area contributed by atoms with Gasteiger partial charge in [0.25, 0.3) is 11.8 Å². The van der Waals surface area contributed by atoms with Crippen molar-refractivity contribution in [2.24, 2.45) is 5.92 Å². The monoisotopic (exact) mass is 378 g/mol. The largest absolute Gasteiger partial charge is 0.351 e. The Morgan fingerprint density at radius 1 is 1.04 bits per heavy atom. The number of aromatic nitrogens is 2. The number of nitrogens with zero attached hydrogens (tertiary/aromatic N) is 2. The van der Waals surface area contributed by atoms with E-state index >= 15 is 0 Å². The fourth-order valence-corrected chi connectivity index (χ4v) is 2.99. The second-order valence-corrected chi connectivity index (χ2v) is 7.29. The van der Waals surface area contributed by atoms with Gasteiger partial charge in [-0.15, -0.1) is 0 Å². The van der Waals surface area contributed by atoms with Crippen LogP contribution in [0.1, 0.15) is 52.5 Å². The number of nitrogens with one attached hydrogen (secondary N) is 2. The van der Waals surface area contributed by atoms with Gasteiger partial charge in [0.1, 0.15) is 0 Å². The molecule has 2 heterocycles. The van der Waals surface area contributed by atoms with Crippen molar-refractivity contribution in [2.45, 2.75) is 33.7 Å². The summed E-state index contributed by atoms with van der Waals surface area (Å²) >= 11 is 0. The first kappa shape index (κ1) is 19.6. The lowest BCUT2D eigenvalue weighted by molar-refractivity contribution is 0.0939. The fourth-order valence-electron chi connectivity index (χ4n) is 2.99. The molecule has 0 bridgehead atoms. The van der Waals surface area contributed by atoms with Crippen LogP contribution in [-0.2, 0) is 6.54 Å². The molecule has 0 saturated heterocycles. The molecule has 3 aromatic rings. The van der Waals surface area contributed by atoms with Crippen LogP contribution < -0.4 is 10.6 Å². The van der Waals surface area contributed by atoms with E-state index in [4.69, 9.17) is 0 Å². The third-order valence-corrected chi connectivity index (χ3v) is 4.67. The molecule has 28 heavy (non-hydrogen) atoms. The molecule has 2 amide bonds. The van der Waals surface area contributed by atoms with E-state index in [2.05, 4.69) is 29.5 Å². The normalized spacial score (nSPS) is 11.0. The van der Waals surface area contributed by atoms with E-state index in [-0.39, 0.29) is 23.3 Å². The van der Waals surface area contributed by atoms with Crippen LogP contribution in [0.25, 0.3) is 5.52 Å². The van der Waals surface area contributed by atoms with Crippen molar-refractivity contribution in [2.75, 3.05) is 6.54 Å². The van der Waals surface area contributed by atoms with Crippen LogP contribution in [0.4, 0.5) is 0 Å². The molecule has 2 N–H and O–H groups in total. The molecule has 0 saturated carbocycles. The average Bonchev–Trinajstić information content (AvgIpc) is 3.07. The number of pyridine rings is 1. The second kappa shape index (κ2) is 8.69. The number of hydrogen-bond acceptors (Lipinski definition) is 3. The van der Waals surface area contributed by atoms with Crippen LogP contribution in [0, 0.1) is 12.8 Å². The molecule has 0 atom stereocenters. The van der Waals surface area contributed by atoms with E-state index in [1.165, 1.54) is 0 Å². The van der Waals surface area contributed by atoms with Gasteiger partial charge in [-0.1, -0.05) is 44.2 Å². The number of fused-ring (bicyclic) bond motifs is 1. The lowest BCUT2D eigenvalue weighted by Crippen LogP contribution is -2.27. The molecule has 2 aromatic heterocycles. The van der Waals surface area contributed by atoms with E-state index < -0.39 is 0 Å². The van der Waals surface area contributed by atoms with Crippen LogP contribution in [0.2, 0.25) is 0 Å². The van der Waals surface area contributed by atoms with Gasteiger partial charge in [0.15, 0.2) is 5.69 Å². The Morgan fingerprint density at radius 2 is 1.79 bits per heavy atom. The molecule has 0 aliphatic rings. The van der Waals surface area contributed by atoms with E-state index in [1.54, 1.807) is 16.7 Å². The number of carbonyl (C=O) groups is 2. The summed E-state index contributed by atoms with van der Waals surface area (Å²) in [7, 11) is 0. The van der Waals surface area contributed by atoms with Crippen molar-refractivity contribution in [3.05, 3.63) is 71.3 Å². The van der Waals surface area contributed by atoms with Gasteiger partial charge < -0.3 is 10.6 Å². The zero-order valence-electron chi connectivity index (χ0n) is 16.5. The maximum absolute atomic E-state index is 12.8. The van der Waals surface area contributed by atoms with Gasteiger partial charge in [-0.3, -0.25) is 14.0 Å². The summed E-state index contributed by atoms with van der Waals surface area (Å²) in [5, 5.41) is 5.80. The molecule has 0 fully saturated rings. The molecular weight excluding hydrogens is 352 g/mol. The Kier molecular flexibility index (Phi) is 6.09.